The quantitative estimate of drug-likeness (QED) is 0.673. The monoisotopic (exact) mass is 331 g/mol. The number of anilines is 1. The predicted molar refractivity (Wildman–Crippen MR) is 89.0 cm³/mol. The zero-order chi connectivity index (χ0) is 17.0. The molecule has 1 heterocycles. The van der Waals surface area contributed by atoms with Crippen LogP contribution in [0.5, 0.6) is 0 Å². The number of aryl methyl sites for hydroxylation is 1. The van der Waals surface area contributed by atoms with Crippen LogP contribution in [-0.4, -0.2) is 23.8 Å². The largest absolute Gasteiger partial charge is 0.448 e. The van der Waals surface area contributed by atoms with E-state index in [-0.39, 0.29) is 5.78 Å². The van der Waals surface area contributed by atoms with Crippen molar-refractivity contribution in [3.8, 4) is 0 Å². The van der Waals surface area contributed by atoms with Gasteiger partial charge in [0.15, 0.2) is 11.9 Å². The standard InChI is InChI=1S/C17H17NO4S/c1-10-7-8-15(23-10)17(21)22-12(3)16(20)18-14-6-4-5-13(9-14)11(2)19/h4-9,12H,1-3H3,(H,18,20)/t12-/m1/s1. The minimum Gasteiger partial charge on any atom is -0.448 e. The number of Topliss-reactive ketones (excluding diaryl/α,β-unsaturated/α-hetero) is 1. The number of hydrogen-bond acceptors (Lipinski definition) is 5. The number of nitrogens with one attached hydrogen (secondary N) is 1. The van der Waals surface area contributed by atoms with E-state index in [2.05, 4.69) is 5.32 Å². The molecule has 0 saturated carbocycles. The molecule has 1 N–H and O–H groups in total. The molecule has 0 aliphatic heterocycles. The Morgan fingerprint density at radius 1 is 1.17 bits per heavy atom. The van der Waals surface area contributed by atoms with Crippen LogP contribution in [0.2, 0.25) is 0 Å². The van der Waals surface area contributed by atoms with Crippen LogP contribution in [0.3, 0.4) is 0 Å². The minimum atomic E-state index is -0.939. The van der Waals surface area contributed by atoms with Crippen LogP contribution in [0, 0.1) is 6.92 Å². The van der Waals surface area contributed by atoms with Crippen molar-refractivity contribution >= 4 is 34.7 Å². The Labute approximate surface area is 138 Å². The average Bonchev–Trinajstić information content (AvgIpc) is 2.94. The fourth-order valence-electron chi connectivity index (χ4n) is 1.88. The summed E-state index contributed by atoms with van der Waals surface area (Å²) in [6.07, 6.45) is -0.939. The summed E-state index contributed by atoms with van der Waals surface area (Å²) in [5.41, 5.74) is 0.985. The van der Waals surface area contributed by atoms with Crippen molar-refractivity contribution in [3.63, 3.8) is 0 Å². The van der Waals surface area contributed by atoms with Crippen LogP contribution in [0.1, 0.15) is 38.8 Å². The molecule has 23 heavy (non-hydrogen) atoms. The number of ketones is 1. The number of carbonyl (C=O) groups excluding carboxylic acids is 3. The number of ether oxygens (including phenoxy) is 1. The normalized spacial score (nSPS) is 11.6. The SMILES string of the molecule is CC(=O)c1cccc(NC(=O)[C@@H](C)OC(=O)c2ccc(C)s2)c1. The fourth-order valence-corrected chi connectivity index (χ4v) is 2.63. The van der Waals surface area contributed by atoms with Crippen molar-refractivity contribution in [2.24, 2.45) is 0 Å². The molecule has 1 aromatic heterocycles. The molecule has 0 spiro atoms. The number of carbonyl (C=O) groups is 3. The fraction of sp³-hybridized carbons (Fsp3) is 0.235. The van der Waals surface area contributed by atoms with Gasteiger partial charge in [0.05, 0.1) is 0 Å². The van der Waals surface area contributed by atoms with Gasteiger partial charge in [-0.25, -0.2) is 4.79 Å². The first-order chi connectivity index (χ1) is 10.9. The summed E-state index contributed by atoms with van der Waals surface area (Å²) in [6.45, 7) is 4.84. The second-order valence-electron chi connectivity index (χ2n) is 5.08. The molecular weight excluding hydrogens is 314 g/mol. The van der Waals surface area contributed by atoms with Gasteiger partial charge in [-0.3, -0.25) is 9.59 Å². The van der Waals surface area contributed by atoms with Crippen LogP contribution >= 0.6 is 11.3 Å². The summed E-state index contributed by atoms with van der Waals surface area (Å²) in [4.78, 5) is 36.8. The van der Waals surface area contributed by atoms with Crippen LogP contribution in [0.15, 0.2) is 36.4 Å². The second kappa shape index (κ2) is 7.19. The Balaban J connectivity index is 1.98. The van der Waals surface area contributed by atoms with Gasteiger partial charge < -0.3 is 10.1 Å². The summed E-state index contributed by atoms with van der Waals surface area (Å²) in [5, 5.41) is 2.63. The first-order valence-electron chi connectivity index (χ1n) is 7.06. The van der Waals surface area contributed by atoms with E-state index in [0.717, 1.165) is 4.88 Å². The first-order valence-corrected chi connectivity index (χ1v) is 7.88. The van der Waals surface area contributed by atoms with Crippen molar-refractivity contribution < 1.29 is 19.1 Å². The molecule has 0 unspecified atom stereocenters. The highest BCUT2D eigenvalue weighted by Crippen LogP contribution is 2.17. The Morgan fingerprint density at radius 2 is 1.91 bits per heavy atom. The number of benzene rings is 1. The Morgan fingerprint density at radius 3 is 2.52 bits per heavy atom. The van der Waals surface area contributed by atoms with Gasteiger partial charge in [-0.05, 0) is 45.0 Å². The van der Waals surface area contributed by atoms with E-state index in [1.165, 1.54) is 25.2 Å². The van der Waals surface area contributed by atoms with Gasteiger partial charge in [0.2, 0.25) is 0 Å². The third kappa shape index (κ3) is 4.50. The molecule has 1 atom stereocenters. The molecule has 120 valence electrons. The van der Waals surface area contributed by atoms with Crippen molar-refractivity contribution in [1.82, 2.24) is 0 Å². The lowest BCUT2D eigenvalue weighted by Crippen LogP contribution is -2.29. The van der Waals surface area contributed by atoms with E-state index >= 15 is 0 Å². The lowest BCUT2D eigenvalue weighted by atomic mass is 10.1. The highest BCUT2D eigenvalue weighted by molar-refractivity contribution is 7.13. The smallest absolute Gasteiger partial charge is 0.349 e. The van der Waals surface area contributed by atoms with Crippen LogP contribution in [0.4, 0.5) is 5.69 Å². The van der Waals surface area contributed by atoms with E-state index < -0.39 is 18.0 Å². The zero-order valence-corrected chi connectivity index (χ0v) is 13.9. The predicted octanol–water partition coefficient (Wildman–Crippen LogP) is 3.44. The number of amides is 1. The Kier molecular flexibility index (Phi) is 5.28. The minimum absolute atomic E-state index is 0.0892. The van der Waals surface area contributed by atoms with E-state index in [1.54, 1.807) is 30.3 Å². The van der Waals surface area contributed by atoms with E-state index in [9.17, 15) is 14.4 Å². The summed E-state index contributed by atoms with van der Waals surface area (Å²) < 4.78 is 5.15. The maximum atomic E-state index is 12.1. The van der Waals surface area contributed by atoms with Gasteiger partial charge in [-0.2, -0.15) is 0 Å². The zero-order valence-electron chi connectivity index (χ0n) is 13.1. The molecule has 0 fully saturated rings. The molecule has 6 heteroatoms. The number of esters is 1. The lowest BCUT2D eigenvalue weighted by molar-refractivity contribution is -0.123. The van der Waals surface area contributed by atoms with Gasteiger partial charge in [0.1, 0.15) is 4.88 Å². The van der Waals surface area contributed by atoms with Crippen molar-refractivity contribution in [1.29, 1.82) is 0 Å². The molecule has 0 radical (unpaired) electrons. The van der Waals surface area contributed by atoms with Gasteiger partial charge >= 0.3 is 5.97 Å². The summed E-state index contributed by atoms with van der Waals surface area (Å²) in [6, 6.07) is 10.1. The highest BCUT2D eigenvalue weighted by Gasteiger charge is 2.20. The van der Waals surface area contributed by atoms with Gasteiger partial charge in [-0.1, -0.05) is 12.1 Å². The molecule has 5 nitrogen and oxygen atoms in total. The molecule has 2 aromatic rings. The van der Waals surface area contributed by atoms with Crippen molar-refractivity contribution in [2.75, 3.05) is 5.32 Å². The lowest BCUT2D eigenvalue weighted by Gasteiger charge is -2.13. The molecule has 0 saturated heterocycles. The maximum absolute atomic E-state index is 12.1. The van der Waals surface area contributed by atoms with E-state index in [4.69, 9.17) is 4.74 Å². The summed E-state index contributed by atoms with van der Waals surface area (Å²) >= 11 is 1.31. The second-order valence-corrected chi connectivity index (χ2v) is 6.37. The van der Waals surface area contributed by atoms with Crippen LogP contribution in [-0.2, 0) is 9.53 Å². The van der Waals surface area contributed by atoms with Crippen LogP contribution < -0.4 is 5.32 Å². The Bertz CT molecular complexity index is 751. The van der Waals surface area contributed by atoms with E-state index in [1.807, 2.05) is 13.0 Å². The van der Waals surface area contributed by atoms with E-state index in [0.29, 0.717) is 16.1 Å². The van der Waals surface area contributed by atoms with Crippen LogP contribution in [0.25, 0.3) is 0 Å². The molecule has 0 aliphatic carbocycles. The molecule has 0 bridgehead atoms. The third-order valence-corrected chi connectivity index (χ3v) is 4.11. The topological polar surface area (TPSA) is 72.5 Å². The maximum Gasteiger partial charge on any atom is 0.349 e. The van der Waals surface area contributed by atoms with Crippen molar-refractivity contribution in [2.45, 2.75) is 26.9 Å². The Hall–Kier alpha value is -2.47. The summed E-state index contributed by atoms with van der Waals surface area (Å²) in [7, 11) is 0. The number of rotatable bonds is 5. The molecule has 1 aromatic carbocycles. The number of thiophene rings is 1. The average molecular weight is 331 g/mol. The van der Waals surface area contributed by atoms with Gasteiger partial charge in [0, 0.05) is 16.1 Å². The van der Waals surface area contributed by atoms with Crippen molar-refractivity contribution in [3.05, 3.63) is 51.7 Å². The summed E-state index contributed by atoms with van der Waals surface area (Å²) in [5.74, 6) is -1.07. The highest BCUT2D eigenvalue weighted by atomic mass is 32.1. The molecular formula is C17H17NO4S. The first kappa shape index (κ1) is 16.9. The van der Waals surface area contributed by atoms with Gasteiger partial charge in [-0.15, -0.1) is 11.3 Å². The molecule has 0 aliphatic rings. The molecule has 1 amide bonds. The number of hydrogen-bond donors (Lipinski definition) is 1. The molecule has 2 rings (SSSR count). The third-order valence-electron chi connectivity index (χ3n) is 3.13. The van der Waals surface area contributed by atoms with Gasteiger partial charge in [0.25, 0.3) is 5.91 Å².